The van der Waals surface area contributed by atoms with Crippen LogP contribution in [0.15, 0.2) is 36.9 Å². The number of benzene rings is 1. The zero-order valence-corrected chi connectivity index (χ0v) is 12.4. The summed E-state index contributed by atoms with van der Waals surface area (Å²) < 4.78 is 20.5. The monoisotopic (exact) mass is 306 g/mol. The second-order valence-corrected chi connectivity index (χ2v) is 4.70. The summed E-state index contributed by atoms with van der Waals surface area (Å²) in [5.41, 5.74) is 1.13. The van der Waals surface area contributed by atoms with Gasteiger partial charge >= 0.3 is 0 Å². The van der Waals surface area contributed by atoms with E-state index < -0.39 is 0 Å². The maximum absolute atomic E-state index is 14.0. The number of amides is 1. The second-order valence-electron chi connectivity index (χ2n) is 4.70. The van der Waals surface area contributed by atoms with Gasteiger partial charge in [0.1, 0.15) is 5.82 Å². The van der Waals surface area contributed by atoms with Crippen molar-refractivity contribution in [3.63, 3.8) is 0 Å². The first-order valence-corrected chi connectivity index (χ1v) is 6.94. The molecule has 6 nitrogen and oxygen atoms in total. The number of methoxy groups -OCH3 is 1. The maximum Gasteiger partial charge on any atom is 0.234 e. The predicted molar refractivity (Wildman–Crippen MR) is 80.1 cm³/mol. The molecule has 0 bridgehead atoms. The first-order chi connectivity index (χ1) is 10.7. The molecule has 1 aromatic heterocycles. The predicted octanol–water partition coefficient (Wildman–Crippen LogP) is 0.864. The first-order valence-electron chi connectivity index (χ1n) is 6.94. The number of nitrogens with zero attached hydrogens (tertiary/aromatic N) is 2. The van der Waals surface area contributed by atoms with Gasteiger partial charge in [-0.2, -0.15) is 0 Å². The normalized spacial score (nSPS) is 10.6. The molecule has 0 aliphatic heterocycles. The summed E-state index contributed by atoms with van der Waals surface area (Å²) in [6, 6.07) is 4.85. The summed E-state index contributed by atoms with van der Waals surface area (Å²) in [6.45, 7) is 1.65. The molecule has 118 valence electrons. The Hall–Kier alpha value is -2.25. The van der Waals surface area contributed by atoms with Crippen molar-refractivity contribution in [3.05, 3.63) is 48.3 Å². The molecular weight excluding hydrogens is 287 g/mol. The Bertz CT molecular complexity index is 602. The molecule has 0 fully saturated rings. The molecule has 2 N–H and O–H groups in total. The average molecular weight is 306 g/mol. The zero-order chi connectivity index (χ0) is 15.8. The van der Waals surface area contributed by atoms with Gasteiger partial charge in [-0.15, -0.1) is 0 Å². The van der Waals surface area contributed by atoms with Crippen LogP contribution in [0.1, 0.15) is 5.56 Å². The van der Waals surface area contributed by atoms with E-state index in [1.165, 1.54) is 12.4 Å². The summed E-state index contributed by atoms with van der Waals surface area (Å²) in [4.78, 5) is 15.5. The Balaban J connectivity index is 1.84. The average Bonchev–Trinajstić information content (AvgIpc) is 3.04. The Morgan fingerprint density at radius 2 is 2.32 bits per heavy atom. The van der Waals surface area contributed by atoms with E-state index in [0.717, 1.165) is 0 Å². The van der Waals surface area contributed by atoms with Gasteiger partial charge in [0, 0.05) is 32.6 Å². The highest BCUT2D eigenvalue weighted by atomic mass is 19.1. The van der Waals surface area contributed by atoms with Gasteiger partial charge in [0.25, 0.3) is 0 Å². The molecule has 0 atom stereocenters. The molecule has 0 unspecified atom stereocenters. The number of imidazole rings is 1. The van der Waals surface area contributed by atoms with E-state index in [1.54, 1.807) is 36.2 Å². The van der Waals surface area contributed by atoms with E-state index >= 15 is 0 Å². The molecule has 2 rings (SSSR count). The topological polar surface area (TPSA) is 68.2 Å². The molecular formula is C15H19FN4O2. The summed E-state index contributed by atoms with van der Waals surface area (Å²) in [6.07, 6.45) is 4.79. The minimum Gasteiger partial charge on any atom is -0.383 e. The van der Waals surface area contributed by atoms with E-state index in [1.807, 2.05) is 0 Å². The van der Waals surface area contributed by atoms with Gasteiger partial charge in [0.15, 0.2) is 0 Å². The number of carbonyl (C=O) groups excluding carboxylic acids is 1. The highest BCUT2D eigenvalue weighted by Crippen LogP contribution is 2.14. The van der Waals surface area contributed by atoms with E-state index in [-0.39, 0.29) is 24.8 Å². The zero-order valence-electron chi connectivity index (χ0n) is 12.4. The SMILES string of the molecule is COCCNCC(=O)NCc1ccc(-n2ccnc2)c(F)c1. The third kappa shape index (κ3) is 4.64. The number of carbonyl (C=O) groups is 1. The van der Waals surface area contributed by atoms with Crippen LogP contribution in [-0.4, -0.2) is 42.3 Å². The Morgan fingerprint density at radius 3 is 3.00 bits per heavy atom. The maximum atomic E-state index is 14.0. The van der Waals surface area contributed by atoms with Crippen LogP contribution in [-0.2, 0) is 16.1 Å². The molecule has 0 aliphatic carbocycles. The number of aromatic nitrogens is 2. The molecule has 1 heterocycles. The van der Waals surface area contributed by atoms with Crippen molar-refractivity contribution in [2.24, 2.45) is 0 Å². The van der Waals surface area contributed by atoms with Gasteiger partial charge in [0.2, 0.25) is 5.91 Å². The van der Waals surface area contributed by atoms with Gasteiger partial charge in [-0.25, -0.2) is 9.37 Å². The lowest BCUT2D eigenvalue weighted by atomic mass is 10.2. The standard InChI is InChI=1S/C15H19FN4O2/c1-22-7-5-17-10-15(21)19-9-12-2-3-14(13(16)8-12)20-6-4-18-11-20/h2-4,6,8,11,17H,5,7,9-10H2,1H3,(H,19,21). The molecule has 7 heteroatoms. The Morgan fingerprint density at radius 1 is 1.45 bits per heavy atom. The molecule has 0 spiro atoms. The first kappa shape index (κ1) is 16.1. The van der Waals surface area contributed by atoms with Crippen molar-refractivity contribution < 1.29 is 13.9 Å². The van der Waals surface area contributed by atoms with Crippen molar-refractivity contribution in [2.45, 2.75) is 6.54 Å². The fourth-order valence-electron chi connectivity index (χ4n) is 1.91. The third-order valence-corrected chi connectivity index (χ3v) is 3.05. The molecule has 0 saturated heterocycles. The van der Waals surface area contributed by atoms with Crippen LogP contribution in [0.3, 0.4) is 0 Å². The van der Waals surface area contributed by atoms with Crippen molar-refractivity contribution >= 4 is 5.91 Å². The van der Waals surface area contributed by atoms with Crippen LogP contribution >= 0.6 is 0 Å². The molecule has 2 aromatic rings. The van der Waals surface area contributed by atoms with Crippen LogP contribution in [0, 0.1) is 5.82 Å². The fourth-order valence-corrected chi connectivity index (χ4v) is 1.91. The highest BCUT2D eigenvalue weighted by Gasteiger charge is 2.06. The van der Waals surface area contributed by atoms with E-state index in [4.69, 9.17) is 4.74 Å². The fraction of sp³-hybridized carbons (Fsp3) is 0.333. The summed E-state index contributed by atoms with van der Waals surface area (Å²) in [7, 11) is 1.60. The Kier molecular flexibility index (Phi) is 6.05. The second kappa shape index (κ2) is 8.26. The van der Waals surface area contributed by atoms with Gasteiger partial charge in [-0.05, 0) is 17.7 Å². The summed E-state index contributed by atoms with van der Waals surface area (Å²) in [5.74, 6) is -0.502. The van der Waals surface area contributed by atoms with Gasteiger partial charge in [0.05, 0.1) is 25.2 Å². The summed E-state index contributed by atoms with van der Waals surface area (Å²) in [5, 5.41) is 5.67. The third-order valence-electron chi connectivity index (χ3n) is 3.05. The van der Waals surface area contributed by atoms with Crippen LogP contribution in [0.4, 0.5) is 4.39 Å². The van der Waals surface area contributed by atoms with Crippen LogP contribution in [0.25, 0.3) is 5.69 Å². The van der Waals surface area contributed by atoms with Crippen molar-refractivity contribution in [2.75, 3.05) is 26.8 Å². The lowest BCUT2D eigenvalue weighted by molar-refractivity contribution is -0.120. The smallest absolute Gasteiger partial charge is 0.234 e. The van der Waals surface area contributed by atoms with Crippen molar-refractivity contribution in [3.8, 4) is 5.69 Å². The number of rotatable bonds is 8. The van der Waals surface area contributed by atoms with Gasteiger partial charge < -0.3 is 19.9 Å². The largest absolute Gasteiger partial charge is 0.383 e. The van der Waals surface area contributed by atoms with Crippen molar-refractivity contribution in [1.29, 1.82) is 0 Å². The molecule has 1 amide bonds. The van der Waals surface area contributed by atoms with E-state index in [0.29, 0.717) is 24.4 Å². The highest BCUT2D eigenvalue weighted by molar-refractivity contribution is 5.77. The number of hydrogen-bond acceptors (Lipinski definition) is 4. The molecule has 0 aliphatic rings. The Labute approximate surface area is 128 Å². The molecule has 0 radical (unpaired) electrons. The van der Waals surface area contributed by atoms with Crippen molar-refractivity contribution in [1.82, 2.24) is 20.2 Å². The summed E-state index contributed by atoms with van der Waals surface area (Å²) >= 11 is 0. The number of hydrogen-bond donors (Lipinski definition) is 2. The van der Waals surface area contributed by atoms with Crippen LogP contribution < -0.4 is 10.6 Å². The molecule has 22 heavy (non-hydrogen) atoms. The van der Waals surface area contributed by atoms with E-state index in [2.05, 4.69) is 15.6 Å². The minimum absolute atomic E-state index is 0.143. The minimum atomic E-state index is -0.358. The van der Waals surface area contributed by atoms with Gasteiger partial charge in [-0.1, -0.05) is 6.07 Å². The lowest BCUT2D eigenvalue weighted by Gasteiger charge is -2.09. The molecule has 1 aromatic carbocycles. The lowest BCUT2D eigenvalue weighted by Crippen LogP contribution is -2.34. The number of nitrogens with one attached hydrogen (secondary N) is 2. The van der Waals surface area contributed by atoms with E-state index in [9.17, 15) is 9.18 Å². The van der Waals surface area contributed by atoms with Crippen LogP contribution in [0.5, 0.6) is 0 Å². The molecule has 0 saturated carbocycles. The quantitative estimate of drug-likeness (QED) is 0.710. The number of halogens is 1. The number of ether oxygens (including phenoxy) is 1. The van der Waals surface area contributed by atoms with Gasteiger partial charge in [-0.3, -0.25) is 4.79 Å². The van der Waals surface area contributed by atoms with Crippen LogP contribution in [0.2, 0.25) is 0 Å².